The molecule has 0 saturated heterocycles. The van der Waals surface area contributed by atoms with Crippen molar-refractivity contribution in [2.45, 2.75) is 37.6 Å². The molecule has 1 aliphatic rings. The van der Waals surface area contributed by atoms with Crippen LogP contribution in [0.2, 0.25) is 0 Å². The number of nitrogens with one attached hydrogen (secondary N) is 1. The first-order valence-electron chi connectivity index (χ1n) is 8.28. The van der Waals surface area contributed by atoms with E-state index < -0.39 is 5.41 Å². The summed E-state index contributed by atoms with van der Waals surface area (Å²) in [6.45, 7) is 2.51. The molecule has 1 amide bonds. The van der Waals surface area contributed by atoms with Gasteiger partial charge in [-0.25, -0.2) is 0 Å². The Morgan fingerprint density at radius 3 is 2.58 bits per heavy atom. The van der Waals surface area contributed by atoms with E-state index >= 15 is 0 Å². The number of fused-ring (bicyclic) bond motifs is 1. The lowest BCUT2D eigenvalue weighted by molar-refractivity contribution is -0.126. The number of hydrogen-bond acceptors (Lipinski definition) is 2. The second kappa shape index (κ2) is 7.82. The number of aryl methyl sites for hydroxylation is 1. The quantitative estimate of drug-likeness (QED) is 0.891. The van der Waals surface area contributed by atoms with Crippen LogP contribution in [0.1, 0.15) is 42.5 Å². The van der Waals surface area contributed by atoms with Crippen LogP contribution in [0.15, 0.2) is 54.6 Å². The van der Waals surface area contributed by atoms with E-state index in [4.69, 9.17) is 5.73 Å². The number of rotatable bonds is 4. The van der Waals surface area contributed by atoms with E-state index in [0.29, 0.717) is 6.54 Å². The molecule has 0 bridgehead atoms. The van der Waals surface area contributed by atoms with Crippen LogP contribution in [0.3, 0.4) is 0 Å². The maximum Gasteiger partial charge on any atom is 0.230 e. The zero-order valence-corrected chi connectivity index (χ0v) is 14.8. The molecule has 1 aliphatic carbocycles. The fourth-order valence-electron chi connectivity index (χ4n) is 3.50. The van der Waals surface area contributed by atoms with Gasteiger partial charge < -0.3 is 11.1 Å². The highest BCUT2D eigenvalue weighted by atomic mass is 35.5. The number of carbonyl (C=O) groups is 1. The lowest BCUT2D eigenvalue weighted by Crippen LogP contribution is -2.46. The zero-order chi connectivity index (χ0) is 16.3. The van der Waals surface area contributed by atoms with E-state index in [-0.39, 0.29) is 24.4 Å². The molecule has 0 saturated carbocycles. The molecule has 2 atom stereocenters. The second-order valence-corrected chi connectivity index (χ2v) is 6.57. The van der Waals surface area contributed by atoms with Crippen LogP contribution < -0.4 is 11.1 Å². The van der Waals surface area contributed by atoms with E-state index in [0.717, 1.165) is 30.4 Å². The summed E-state index contributed by atoms with van der Waals surface area (Å²) in [6.07, 6.45) is 2.99. The van der Waals surface area contributed by atoms with E-state index in [1.165, 1.54) is 5.56 Å². The third-order valence-corrected chi connectivity index (χ3v) is 4.95. The van der Waals surface area contributed by atoms with Gasteiger partial charge in [0.25, 0.3) is 0 Å². The minimum absolute atomic E-state index is 0. The standard InChI is InChI=1S/C20H24N2O.ClH/c1-20(13-7-11-15-8-5-6-12-17(15)20)19(23)22-14-18(21)16-9-3-2-4-10-16;/h2-6,8-10,12,18H,7,11,13-14,21H2,1H3,(H,22,23);1H. The Morgan fingerprint density at radius 2 is 1.83 bits per heavy atom. The van der Waals surface area contributed by atoms with Gasteiger partial charge >= 0.3 is 0 Å². The van der Waals surface area contributed by atoms with Crippen LogP contribution in [0.25, 0.3) is 0 Å². The highest BCUT2D eigenvalue weighted by molar-refractivity contribution is 5.88. The Kier molecular flexibility index (Phi) is 6.03. The fourth-order valence-corrected chi connectivity index (χ4v) is 3.50. The molecule has 24 heavy (non-hydrogen) atoms. The summed E-state index contributed by atoms with van der Waals surface area (Å²) >= 11 is 0. The van der Waals surface area contributed by atoms with E-state index in [2.05, 4.69) is 17.4 Å². The Labute approximate surface area is 150 Å². The smallest absolute Gasteiger partial charge is 0.230 e. The first kappa shape index (κ1) is 18.5. The summed E-state index contributed by atoms with van der Waals surface area (Å²) in [7, 11) is 0. The predicted molar refractivity (Wildman–Crippen MR) is 100 cm³/mol. The van der Waals surface area contributed by atoms with Crippen molar-refractivity contribution in [3.05, 3.63) is 71.3 Å². The average molecular weight is 345 g/mol. The molecule has 0 aliphatic heterocycles. The normalized spacial score (nSPS) is 20.4. The topological polar surface area (TPSA) is 55.1 Å². The van der Waals surface area contributed by atoms with Crippen LogP contribution in [-0.4, -0.2) is 12.5 Å². The summed E-state index contributed by atoms with van der Waals surface area (Å²) in [5, 5.41) is 3.07. The number of hydrogen-bond donors (Lipinski definition) is 2. The van der Waals surface area contributed by atoms with Crippen LogP contribution in [0, 0.1) is 0 Å². The number of carbonyl (C=O) groups excluding carboxylic acids is 1. The van der Waals surface area contributed by atoms with Gasteiger partial charge in [0, 0.05) is 12.6 Å². The molecular formula is C20H25ClN2O. The molecule has 0 fully saturated rings. The summed E-state index contributed by atoms with van der Waals surface area (Å²) in [5.74, 6) is 0.0797. The van der Waals surface area contributed by atoms with E-state index in [1.807, 2.05) is 49.4 Å². The molecule has 0 aromatic heterocycles. The monoisotopic (exact) mass is 344 g/mol. The minimum Gasteiger partial charge on any atom is -0.353 e. The molecule has 128 valence electrons. The van der Waals surface area contributed by atoms with Gasteiger partial charge in [-0.3, -0.25) is 4.79 Å². The van der Waals surface area contributed by atoms with Crippen LogP contribution in [0.5, 0.6) is 0 Å². The summed E-state index contributed by atoms with van der Waals surface area (Å²) in [6, 6.07) is 18.0. The van der Waals surface area contributed by atoms with Crippen molar-refractivity contribution in [1.82, 2.24) is 5.32 Å². The molecule has 3 rings (SSSR count). The fraction of sp³-hybridized carbons (Fsp3) is 0.350. The first-order chi connectivity index (χ1) is 11.1. The van der Waals surface area contributed by atoms with Gasteiger partial charge in [-0.1, -0.05) is 54.6 Å². The number of amides is 1. The van der Waals surface area contributed by atoms with E-state index in [1.54, 1.807) is 0 Å². The van der Waals surface area contributed by atoms with Crippen LogP contribution >= 0.6 is 12.4 Å². The van der Waals surface area contributed by atoms with Crippen molar-refractivity contribution >= 4 is 18.3 Å². The lowest BCUT2D eigenvalue weighted by atomic mass is 9.70. The molecule has 0 heterocycles. The predicted octanol–water partition coefficient (Wildman–Crippen LogP) is 3.52. The molecule has 2 aromatic rings. The van der Waals surface area contributed by atoms with Crippen molar-refractivity contribution in [3.63, 3.8) is 0 Å². The molecule has 3 nitrogen and oxygen atoms in total. The third-order valence-electron chi connectivity index (χ3n) is 4.95. The Morgan fingerprint density at radius 1 is 1.17 bits per heavy atom. The third kappa shape index (κ3) is 3.63. The largest absolute Gasteiger partial charge is 0.353 e. The van der Waals surface area contributed by atoms with Gasteiger partial charge in [-0.05, 0) is 42.9 Å². The lowest BCUT2D eigenvalue weighted by Gasteiger charge is -2.35. The molecule has 0 spiro atoms. The molecule has 2 unspecified atom stereocenters. The molecule has 3 N–H and O–H groups in total. The van der Waals surface area contributed by atoms with Gasteiger partial charge in [0.05, 0.1) is 5.41 Å². The van der Waals surface area contributed by atoms with Gasteiger partial charge in [0.15, 0.2) is 0 Å². The second-order valence-electron chi connectivity index (χ2n) is 6.57. The SMILES string of the molecule is CC1(C(=O)NCC(N)c2ccccc2)CCCc2ccccc21.Cl. The Bertz CT molecular complexity index is 689. The summed E-state index contributed by atoms with van der Waals surface area (Å²) in [4.78, 5) is 12.9. The summed E-state index contributed by atoms with van der Waals surface area (Å²) < 4.78 is 0. The summed E-state index contributed by atoms with van der Waals surface area (Å²) in [5.41, 5.74) is 9.25. The van der Waals surface area contributed by atoms with Crippen molar-refractivity contribution in [3.8, 4) is 0 Å². The molecule has 2 aromatic carbocycles. The maximum absolute atomic E-state index is 12.9. The maximum atomic E-state index is 12.9. The number of benzene rings is 2. The van der Waals surface area contributed by atoms with Gasteiger partial charge in [0.2, 0.25) is 5.91 Å². The number of nitrogens with two attached hydrogens (primary N) is 1. The molecule has 0 radical (unpaired) electrons. The van der Waals surface area contributed by atoms with Gasteiger partial charge in [-0.15, -0.1) is 12.4 Å². The van der Waals surface area contributed by atoms with Crippen LogP contribution in [0.4, 0.5) is 0 Å². The van der Waals surface area contributed by atoms with Gasteiger partial charge in [-0.2, -0.15) is 0 Å². The zero-order valence-electron chi connectivity index (χ0n) is 14.0. The Balaban J connectivity index is 0.00000208. The van der Waals surface area contributed by atoms with Crippen molar-refractivity contribution < 1.29 is 4.79 Å². The molecule has 4 heteroatoms. The average Bonchev–Trinajstić information content (AvgIpc) is 2.60. The van der Waals surface area contributed by atoms with Crippen molar-refractivity contribution in [1.29, 1.82) is 0 Å². The highest BCUT2D eigenvalue weighted by Crippen LogP contribution is 2.37. The minimum atomic E-state index is -0.453. The highest BCUT2D eigenvalue weighted by Gasteiger charge is 2.38. The van der Waals surface area contributed by atoms with Crippen molar-refractivity contribution in [2.24, 2.45) is 5.73 Å². The van der Waals surface area contributed by atoms with Crippen LogP contribution in [-0.2, 0) is 16.6 Å². The van der Waals surface area contributed by atoms with E-state index in [9.17, 15) is 4.79 Å². The first-order valence-corrected chi connectivity index (χ1v) is 8.28. The van der Waals surface area contributed by atoms with Gasteiger partial charge in [0.1, 0.15) is 0 Å². The van der Waals surface area contributed by atoms with Crippen molar-refractivity contribution in [2.75, 3.05) is 6.54 Å². The number of halogens is 1. The molecular weight excluding hydrogens is 320 g/mol. The Hall–Kier alpha value is -1.84.